The van der Waals surface area contributed by atoms with Crippen LogP contribution < -0.4 is 10.1 Å². The second-order valence-electron chi connectivity index (χ2n) is 6.02. The Kier molecular flexibility index (Phi) is 6.83. The van der Waals surface area contributed by atoms with Gasteiger partial charge in [0.1, 0.15) is 5.75 Å². The first kappa shape index (κ1) is 21.9. The average molecular weight is 492 g/mol. The quantitative estimate of drug-likeness (QED) is 0.500. The van der Waals surface area contributed by atoms with Crippen LogP contribution in [-0.4, -0.2) is 37.9 Å². The van der Waals surface area contributed by atoms with Crippen LogP contribution in [0.3, 0.4) is 0 Å². The standard InChI is InChI=1S/C20H18BrN3O5S/c1-24(28-2)30(26,27)18-9-6-14(7-10-18)20(25)23-16-8-11-19(22-13-16)29-17-5-3-4-15(21)12-17/h3-13H,1-2H3,(H,23,25). The Hall–Kier alpha value is -2.79. The number of halogens is 1. The molecule has 0 fully saturated rings. The van der Waals surface area contributed by atoms with E-state index in [1.54, 1.807) is 18.2 Å². The van der Waals surface area contributed by atoms with Crippen LogP contribution in [0.2, 0.25) is 0 Å². The normalized spacial score (nSPS) is 11.3. The zero-order valence-electron chi connectivity index (χ0n) is 16.1. The van der Waals surface area contributed by atoms with E-state index in [9.17, 15) is 13.2 Å². The molecular formula is C20H18BrN3O5S. The van der Waals surface area contributed by atoms with Crippen LogP contribution in [0.1, 0.15) is 10.4 Å². The van der Waals surface area contributed by atoms with E-state index in [4.69, 9.17) is 9.57 Å². The van der Waals surface area contributed by atoms with Crippen molar-refractivity contribution >= 4 is 37.5 Å². The first-order valence-electron chi connectivity index (χ1n) is 8.63. The summed E-state index contributed by atoms with van der Waals surface area (Å²) in [5.41, 5.74) is 0.765. The van der Waals surface area contributed by atoms with Crippen LogP contribution in [0.5, 0.6) is 11.6 Å². The first-order chi connectivity index (χ1) is 14.3. The Morgan fingerprint density at radius 1 is 1.10 bits per heavy atom. The van der Waals surface area contributed by atoms with Crippen molar-refractivity contribution in [2.45, 2.75) is 4.90 Å². The van der Waals surface area contributed by atoms with Gasteiger partial charge in [0, 0.05) is 23.2 Å². The van der Waals surface area contributed by atoms with Gasteiger partial charge >= 0.3 is 0 Å². The SMILES string of the molecule is CON(C)S(=O)(=O)c1ccc(C(=O)Nc2ccc(Oc3cccc(Br)c3)nc2)cc1. The molecule has 30 heavy (non-hydrogen) atoms. The largest absolute Gasteiger partial charge is 0.439 e. The molecule has 0 radical (unpaired) electrons. The minimum Gasteiger partial charge on any atom is -0.439 e. The van der Waals surface area contributed by atoms with E-state index >= 15 is 0 Å². The lowest BCUT2D eigenvalue weighted by Gasteiger charge is -2.14. The van der Waals surface area contributed by atoms with Crippen LogP contribution in [0.4, 0.5) is 5.69 Å². The third-order valence-corrected chi connectivity index (χ3v) is 6.21. The summed E-state index contributed by atoms with van der Waals surface area (Å²) in [4.78, 5) is 21.3. The molecular weight excluding hydrogens is 474 g/mol. The smallest absolute Gasteiger partial charge is 0.264 e. The van der Waals surface area contributed by atoms with E-state index in [0.717, 1.165) is 8.94 Å². The fraction of sp³-hybridized carbons (Fsp3) is 0.100. The number of hydroxylamine groups is 1. The number of hydrogen-bond acceptors (Lipinski definition) is 6. The summed E-state index contributed by atoms with van der Waals surface area (Å²) in [6.07, 6.45) is 1.47. The first-order valence-corrected chi connectivity index (χ1v) is 10.9. The van der Waals surface area contributed by atoms with E-state index in [1.807, 2.05) is 18.2 Å². The maximum absolute atomic E-state index is 12.4. The highest BCUT2D eigenvalue weighted by Gasteiger charge is 2.21. The van der Waals surface area contributed by atoms with Gasteiger partial charge in [-0.2, -0.15) is 0 Å². The molecule has 2 aromatic carbocycles. The van der Waals surface area contributed by atoms with Gasteiger partial charge in [0.05, 0.1) is 23.9 Å². The van der Waals surface area contributed by atoms with Gasteiger partial charge in [-0.05, 0) is 48.5 Å². The predicted octanol–water partition coefficient (Wildman–Crippen LogP) is 4.07. The number of sulfonamides is 1. The molecule has 0 atom stereocenters. The fourth-order valence-corrected chi connectivity index (χ4v) is 3.75. The Labute approximate surface area is 182 Å². The molecule has 0 aliphatic carbocycles. The highest BCUT2D eigenvalue weighted by atomic mass is 79.9. The number of carbonyl (C=O) groups excluding carboxylic acids is 1. The number of amides is 1. The van der Waals surface area contributed by atoms with Crippen molar-refractivity contribution in [1.82, 2.24) is 9.45 Å². The van der Waals surface area contributed by atoms with Gasteiger partial charge in [-0.15, -0.1) is 0 Å². The van der Waals surface area contributed by atoms with Crippen molar-refractivity contribution in [2.75, 3.05) is 19.5 Å². The van der Waals surface area contributed by atoms with Gasteiger partial charge in [0.15, 0.2) is 0 Å². The molecule has 156 valence electrons. The molecule has 0 bridgehead atoms. The maximum atomic E-state index is 12.4. The number of benzene rings is 2. The van der Waals surface area contributed by atoms with E-state index in [1.165, 1.54) is 44.6 Å². The highest BCUT2D eigenvalue weighted by Crippen LogP contribution is 2.24. The van der Waals surface area contributed by atoms with Gasteiger partial charge < -0.3 is 10.1 Å². The van der Waals surface area contributed by atoms with Crippen LogP contribution >= 0.6 is 15.9 Å². The lowest BCUT2D eigenvalue weighted by Crippen LogP contribution is -2.25. The minimum absolute atomic E-state index is 0.0131. The molecule has 0 saturated carbocycles. The van der Waals surface area contributed by atoms with Crippen LogP contribution in [0.25, 0.3) is 0 Å². The van der Waals surface area contributed by atoms with E-state index in [0.29, 0.717) is 22.9 Å². The maximum Gasteiger partial charge on any atom is 0.264 e. The number of ether oxygens (including phenoxy) is 1. The second-order valence-corrected chi connectivity index (χ2v) is 8.87. The molecule has 0 aliphatic rings. The lowest BCUT2D eigenvalue weighted by atomic mass is 10.2. The number of hydrogen-bond donors (Lipinski definition) is 1. The van der Waals surface area contributed by atoms with E-state index in [2.05, 4.69) is 26.2 Å². The van der Waals surface area contributed by atoms with Gasteiger partial charge in [-0.25, -0.2) is 13.4 Å². The minimum atomic E-state index is -3.77. The summed E-state index contributed by atoms with van der Waals surface area (Å²) in [6.45, 7) is 0. The van der Waals surface area contributed by atoms with E-state index < -0.39 is 15.9 Å². The van der Waals surface area contributed by atoms with Crippen LogP contribution in [0, 0.1) is 0 Å². The summed E-state index contributed by atoms with van der Waals surface area (Å²) in [5.74, 6) is 0.604. The highest BCUT2D eigenvalue weighted by molar-refractivity contribution is 9.10. The van der Waals surface area contributed by atoms with E-state index in [-0.39, 0.29) is 4.90 Å². The number of rotatable bonds is 7. The number of pyridine rings is 1. The summed E-state index contributed by atoms with van der Waals surface area (Å²) < 4.78 is 31.7. The Bertz CT molecular complexity index is 1140. The molecule has 1 aromatic heterocycles. The van der Waals surface area contributed by atoms with Crippen LogP contribution in [-0.2, 0) is 14.9 Å². The summed E-state index contributed by atoms with van der Waals surface area (Å²) in [5, 5.41) is 2.70. The zero-order chi connectivity index (χ0) is 21.7. The molecule has 1 N–H and O–H groups in total. The van der Waals surface area contributed by atoms with Crippen LogP contribution in [0.15, 0.2) is 76.2 Å². The monoisotopic (exact) mass is 491 g/mol. The van der Waals surface area contributed by atoms with Gasteiger partial charge in [0.2, 0.25) is 5.88 Å². The predicted molar refractivity (Wildman–Crippen MR) is 115 cm³/mol. The zero-order valence-corrected chi connectivity index (χ0v) is 18.5. The molecule has 3 rings (SSSR count). The number of nitrogens with zero attached hydrogens (tertiary/aromatic N) is 2. The van der Waals surface area contributed by atoms with Crippen molar-refractivity contribution in [3.05, 3.63) is 76.9 Å². The van der Waals surface area contributed by atoms with Crippen molar-refractivity contribution in [3.8, 4) is 11.6 Å². The van der Waals surface area contributed by atoms with Gasteiger partial charge in [0.25, 0.3) is 15.9 Å². The fourth-order valence-electron chi connectivity index (χ4n) is 2.39. The average Bonchev–Trinajstić information content (AvgIpc) is 2.74. The summed E-state index contributed by atoms with van der Waals surface area (Å²) >= 11 is 3.37. The molecule has 1 heterocycles. The van der Waals surface area contributed by atoms with Crippen molar-refractivity contribution in [1.29, 1.82) is 0 Å². The van der Waals surface area contributed by atoms with Gasteiger partial charge in [-0.1, -0.05) is 26.5 Å². The second kappa shape index (κ2) is 9.35. The number of aromatic nitrogens is 1. The molecule has 1 amide bonds. The molecule has 0 aliphatic heterocycles. The Morgan fingerprint density at radius 2 is 1.83 bits per heavy atom. The summed E-state index contributed by atoms with van der Waals surface area (Å²) in [6, 6.07) is 16.2. The number of anilines is 1. The molecule has 0 unspecified atom stereocenters. The molecule has 8 nitrogen and oxygen atoms in total. The third kappa shape index (κ3) is 5.22. The summed E-state index contributed by atoms with van der Waals surface area (Å²) in [7, 11) is -1.23. The number of nitrogens with one attached hydrogen (secondary N) is 1. The Morgan fingerprint density at radius 3 is 2.43 bits per heavy atom. The number of carbonyl (C=O) groups is 1. The molecule has 3 aromatic rings. The topological polar surface area (TPSA) is 97.8 Å². The molecule has 0 saturated heterocycles. The van der Waals surface area contributed by atoms with Crippen molar-refractivity contribution < 1.29 is 22.8 Å². The van der Waals surface area contributed by atoms with Crippen molar-refractivity contribution in [3.63, 3.8) is 0 Å². The third-order valence-electron chi connectivity index (χ3n) is 4.02. The lowest BCUT2D eigenvalue weighted by molar-refractivity contribution is -0.0258. The molecule has 10 heteroatoms. The van der Waals surface area contributed by atoms with Gasteiger partial charge in [-0.3, -0.25) is 9.63 Å². The molecule has 0 spiro atoms. The van der Waals surface area contributed by atoms with Crippen molar-refractivity contribution in [2.24, 2.45) is 0 Å². The Balaban J connectivity index is 1.66.